The molecule has 0 fully saturated rings. The quantitative estimate of drug-likeness (QED) is 0.236. The van der Waals surface area contributed by atoms with Gasteiger partial charge in [0.1, 0.15) is 11.9 Å². The number of nitrogens with zero attached hydrogens (tertiary/aromatic N) is 4. The van der Waals surface area contributed by atoms with Crippen molar-refractivity contribution >= 4 is 45.8 Å². The molecule has 0 atom stereocenters. The number of nitro groups is 3. The van der Waals surface area contributed by atoms with Crippen molar-refractivity contribution in [2.24, 2.45) is 0 Å². The van der Waals surface area contributed by atoms with Gasteiger partial charge < -0.3 is 4.48 Å². The summed E-state index contributed by atoms with van der Waals surface area (Å²) in [4.78, 5) is 32.5. The lowest BCUT2D eigenvalue weighted by Crippen LogP contribution is -2.78. The largest absolute Gasteiger partial charge is 0.409 e. The zero-order chi connectivity index (χ0) is 25.4. The summed E-state index contributed by atoms with van der Waals surface area (Å²) in [5.74, 6) is 0. The third-order valence-corrected chi connectivity index (χ3v) is 6.68. The highest BCUT2D eigenvalue weighted by Gasteiger charge is 2.49. The molecule has 10 nitrogen and oxygen atoms in total. The molecule has 0 saturated heterocycles. The van der Waals surface area contributed by atoms with E-state index in [1.54, 1.807) is 36.4 Å². The molecule has 0 saturated carbocycles. The van der Waals surface area contributed by atoms with E-state index in [4.69, 9.17) is 0 Å². The Hall–Kier alpha value is -5.19. The van der Waals surface area contributed by atoms with Crippen molar-refractivity contribution in [1.29, 1.82) is 0 Å². The van der Waals surface area contributed by atoms with Gasteiger partial charge in [0, 0.05) is 42.5 Å². The second kappa shape index (κ2) is 8.55. The molecule has 0 aliphatic carbocycles. The number of hydrogen-bond donors (Lipinski definition) is 0. The van der Waals surface area contributed by atoms with E-state index < -0.39 is 21.1 Å². The normalized spacial score (nSPS) is 13.5. The fraction of sp³-hybridized carbons (Fsp3) is 0. The average Bonchev–Trinajstić information content (AvgIpc) is 3.25. The average molecular weight is 480 g/mol. The highest BCUT2D eigenvalue weighted by atomic mass is 16.6. The van der Waals surface area contributed by atoms with Gasteiger partial charge in [-0.1, -0.05) is 48.0 Å². The van der Waals surface area contributed by atoms with E-state index in [9.17, 15) is 30.3 Å². The molecule has 0 N–H and O–H groups in total. The first-order valence-electron chi connectivity index (χ1n) is 11.0. The Morgan fingerprint density at radius 1 is 0.583 bits per heavy atom. The van der Waals surface area contributed by atoms with Gasteiger partial charge in [-0.2, -0.15) is 0 Å². The molecule has 0 spiro atoms. The second-order valence-electron chi connectivity index (χ2n) is 8.45. The van der Waals surface area contributed by atoms with Crippen LogP contribution in [-0.2, 0) is 0 Å². The predicted molar refractivity (Wildman–Crippen MR) is 134 cm³/mol. The van der Waals surface area contributed by atoms with Crippen LogP contribution in [0.15, 0.2) is 97.2 Å². The van der Waals surface area contributed by atoms with E-state index in [-0.39, 0.29) is 17.1 Å². The molecule has 0 amide bonds. The zero-order valence-corrected chi connectivity index (χ0v) is 18.6. The van der Waals surface area contributed by atoms with Gasteiger partial charge in [0.05, 0.1) is 14.8 Å². The Morgan fingerprint density at radius 3 is 1.47 bits per heavy atom. The smallest absolute Gasteiger partial charge is 0.361 e. The van der Waals surface area contributed by atoms with E-state index in [0.29, 0.717) is 0 Å². The summed E-state index contributed by atoms with van der Waals surface area (Å²) in [5, 5.41) is 33.9. The Kier molecular flexibility index (Phi) is 5.37. The summed E-state index contributed by atoms with van der Waals surface area (Å²) >= 11 is 0. The highest BCUT2D eigenvalue weighted by Crippen LogP contribution is 2.32. The standard InChI is InChI=1S/C25H17BN4O6/c31-28(32)21-10-4-18(5-11-21)25-17-24-3-1-2-16-27(24)26(25,19-6-12-22(13-7-19)29(33)34)20-8-14-23(15-9-20)30(35)36/h1-17H. The Balaban J connectivity index is 1.82. The minimum absolute atomic E-state index is 0.0497. The van der Waals surface area contributed by atoms with Gasteiger partial charge in [0.25, 0.3) is 17.1 Å². The van der Waals surface area contributed by atoms with Crippen molar-refractivity contribution in [3.8, 4) is 0 Å². The number of nitro benzene ring substituents is 3. The predicted octanol–water partition coefficient (Wildman–Crippen LogP) is 3.40. The summed E-state index contributed by atoms with van der Waals surface area (Å²) in [5.41, 5.74) is 3.70. The summed E-state index contributed by atoms with van der Waals surface area (Å²) in [6, 6.07) is 24.3. The summed E-state index contributed by atoms with van der Waals surface area (Å²) in [7, 11) is 0. The molecule has 36 heavy (non-hydrogen) atoms. The molecule has 3 aromatic carbocycles. The van der Waals surface area contributed by atoms with Crippen LogP contribution in [0.25, 0.3) is 11.5 Å². The first-order valence-corrected chi connectivity index (χ1v) is 11.0. The van der Waals surface area contributed by atoms with Gasteiger partial charge in [-0.25, -0.2) is 0 Å². The number of rotatable bonds is 6. The van der Waals surface area contributed by atoms with Crippen LogP contribution in [-0.4, -0.2) is 21.1 Å². The fourth-order valence-corrected chi connectivity index (χ4v) is 5.10. The highest BCUT2D eigenvalue weighted by molar-refractivity contribution is 7.10. The van der Waals surface area contributed by atoms with Gasteiger partial charge in [-0.05, 0) is 12.1 Å². The molecule has 1 aliphatic heterocycles. The summed E-state index contributed by atoms with van der Waals surface area (Å²) < 4.78 is 2.05. The van der Waals surface area contributed by atoms with Gasteiger partial charge >= 0.3 is 6.28 Å². The van der Waals surface area contributed by atoms with Crippen LogP contribution in [0.4, 0.5) is 17.1 Å². The van der Waals surface area contributed by atoms with E-state index in [1.165, 1.54) is 36.4 Å². The number of pyridine rings is 1. The van der Waals surface area contributed by atoms with Crippen molar-refractivity contribution in [2.75, 3.05) is 0 Å². The summed E-state index contributed by atoms with van der Waals surface area (Å²) in [6.45, 7) is 0. The molecule has 1 aliphatic rings. The van der Waals surface area contributed by atoms with Crippen molar-refractivity contribution < 1.29 is 19.2 Å². The fourth-order valence-electron chi connectivity index (χ4n) is 5.10. The maximum Gasteiger partial charge on any atom is 0.361 e. The Bertz CT molecular complexity index is 1490. The van der Waals surface area contributed by atoms with Crippen molar-refractivity contribution in [2.45, 2.75) is 0 Å². The van der Waals surface area contributed by atoms with Crippen molar-refractivity contribution in [1.82, 2.24) is 0 Å². The Labute approximate surface area is 204 Å². The molecule has 11 heteroatoms. The van der Waals surface area contributed by atoms with Gasteiger partial charge in [-0.3, -0.25) is 30.3 Å². The SMILES string of the molecule is O=[N+]([O-])c1ccc(C2=Cc3cccc[n+]3[B-]2(c2ccc([N+](=O)[O-])cc2)c2ccc([N+](=O)[O-])cc2)cc1. The van der Waals surface area contributed by atoms with Crippen LogP contribution in [0.5, 0.6) is 0 Å². The second-order valence-corrected chi connectivity index (χ2v) is 8.45. The zero-order valence-electron chi connectivity index (χ0n) is 18.6. The molecule has 176 valence electrons. The molecule has 0 unspecified atom stereocenters. The third kappa shape index (κ3) is 3.50. The number of aromatic nitrogens is 1. The number of benzene rings is 3. The van der Waals surface area contributed by atoms with Crippen molar-refractivity contribution in [3.63, 3.8) is 0 Å². The molecule has 0 bridgehead atoms. The molecule has 5 rings (SSSR count). The first kappa shape index (κ1) is 22.6. The minimum atomic E-state index is -2.01. The third-order valence-electron chi connectivity index (χ3n) is 6.68. The van der Waals surface area contributed by atoms with E-state index >= 15 is 0 Å². The van der Waals surface area contributed by atoms with Crippen LogP contribution < -0.4 is 15.4 Å². The number of non-ortho nitro benzene ring substituents is 3. The van der Waals surface area contributed by atoms with Crippen LogP contribution in [0, 0.1) is 30.3 Å². The summed E-state index contributed by atoms with van der Waals surface area (Å²) in [6.07, 6.45) is 1.86. The molecule has 0 radical (unpaired) electrons. The number of hydrogen-bond acceptors (Lipinski definition) is 6. The van der Waals surface area contributed by atoms with Crippen LogP contribution in [0.1, 0.15) is 11.3 Å². The number of fused-ring (bicyclic) bond motifs is 1. The first-order chi connectivity index (χ1) is 17.3. The van der Waals surface area contributed by atoms with Gasteiger partial charge in [-0.15, -0.1) is 16.4 Å². The van der Waals surface area contributed by atoms with E-state index in [1.807, 2.05) is 30.5 Å². The maximum atomic E-state index is 11.3. The van der Waals surface area contributed by atoms with E-state index in [2.05, 4.69) is 4.48 Å². The maximum absolute atomic E-state index is 11.3. The monoisotopic (exact) mass is 480 g/mol. The van der Waals surface area contributed by atoms with Crippen LogP contribution >= 0.6 is 0 Å². The lowest BCUT2D eigenvalue weighted by atomic mass is 9.23. The molecule has 2 heterocycles. The van der Waals surface area contributed by atoms with Crippen LogP contribution in [0.3, 0.4) is 0 Å². The van der Waals surface area contributed by atoms with Crippen molar-refractivity contribution in [3.05, 3.63) is 139 Å². The van der Waals surface area contributed by atoms with Crippen LogP contribution in [0.2, 0.25) is 0 Å². The lowest BCUT2D eigenvalue weighted by Gasteiger charge is -2.35. The Morgan fingerprint density at radius 2 is 1.03 bits per heavy atom. The molecule has 4 aromatic rings. The van der Waals surface area contributed by atoms with Gasteiger partial charge in [0.15, 0.2) is 0 Å². The minimum Gasteiger partial charge on any atom is -0.409 e. The molecule has 1 aromatic heterocycles. The molecular weight excluding hydrogens is 463 g/mol. The topological polar surface area (TPSA) is 133 Å². The lowest BCUT2D eigenvalue weighted by molar-refractivity contribution is -0.538. The van der Waals surface area contributed by atoms with Gasteiger partial charge in [0.2, 0.25) is 0 Å². The van der Waals surface area contributed by atoms with E-state index in [0.717, 1.165) is 27.7 Å². The molecular formula is C25H17BN4O6.